The van der Waals surface area contributed by atoms with Crippen LogP contribution in [-0.2, 0) is 6.54 Å². The Balaban J connectivity index is 1.93. The van der Waals surface area contributed by atoms with Gasteiger partial charge in [0.05, 0.1) is 13.7 Å². The van der Waals surface area contributed by atoms with Crippen LogP contribution < -0.4 is 10.5 Å². The maximum absolute atomic E-state index is 5.48. The average molecular weight is 273 g/mol. The third-order valence-corrected chi connectivity index (χ3v) is 2.58. The molecule has 0 amide bonds. The number of ether oxygens (including phenoxy) is 1. The van der Waals surface area contributed by atoms with Gasteiger partial charge in [0.15, 0.2) is 5.76 Å². The van der Waals surface area contributed by atoms with Gasteiger partial charge >= 0.3 is 0 Å². The molecule has 0 fully saturated rings. The van der Waals surface area contributed by atoms with Gasteiger partial charge in [0, 0.05) is 6.07 Å². The summed E-state index contributed by atoms with van der Waals surface area (Å²) in [7, 11) is 1.52. The summed E-state index contributed by atoms with van der Waals surface area (Å²) >= 11 is 0. The highest BCUT2D eigenvalue weighted by atomic mass is 16.5. The highest BCUT2D eigenvalue weighted by Gasteiger charge is 2.15. The van der Waals surface area contributed by atoms with Crippen LogP contribution in [0.4, 0.5) is 0 Å². The van der Waals surface area contributed by atoms with E-state index >= 15 is 0 Å². The Morgan fingerprint density at radius 1 is 1.30 bits per heavy atom. The van der Waals surface area contributed by atoms with Crippen molar-refractivity contribution in [2.24, 2.45) is 5.73 Å². The molecular formula is C12H11N5O3. The van der Waals surface area contributed by atoms with Gasteiger partial charge in [0.2, 0.25) is 11.7 Å². The first-order valence-electron chi connectivity index (χ1n) is 5.79. The van der Waals surface area contributed by atoms with Crippen molar-refractivity contribution < 1.29 is 13.7 Å². The van der Waals surface area contributed by atoms with Gasteiger partial charge in [-0.2, -0.15) is 4.98 Å². The van der Waals surface area contributed by atoms with Crippen LogP contribution in [0.3, 0.4) is 0 Å². The average Bonchev–Trinajstić information content (AvgIpc) is 3.15. The second-order valence-corrected chi connectivity index (χ2v) is 3.84. The lowest BCUT2D eigenvalue weighted by Crippen LogP contribution is -1.92. The van der Waals surface area contributed by atoms with Crippen molar-refractivity contribution in [3.8, 4) is 29.0 Å². The zero-order valence-corrected chi connectivity index (χ0v) is 10.6. The molecular weight excluding hydrogens is 262 g/mol. The summed E-state index contributed by atoms with van der Waals surface area (Å²) in [4.78, 5) is 12.2. The number of hydrogen-bond acceptors (Lipinski definition) is 8. The Morgan fingerprint density at radius 2 is 2.20 bits per heavy atom. The predicted octanol–water partition coefficient (Wildman–Crippen LogP) is 1.25. The molecule has 0 aromatic carbocycles. The van der Waals surface area contributed by atoms with E-state index < -0.39 is 0 Å². The summed E-state index contributed by atoms with van der Waals surface area (Å²) in [6.07, 6.45) is 1.36. The summed E-state index contributed by atoms with van der Waals surface area (Å²) in [6, 6.07) is 5.09. The molecule has 3 aromatic rings. The van der Waals surface area contributed by atoms with E-state index in [4.69, 9.17) is 19.4 Å². The molecule has 0 bridgehead atoms. The molecule has 0 radical (unpaired) electrons. The van der Waals surface area contributed by atoms with Crippen LogP contribution in [0, 0.1) is 0 Å². The van der Waals surface area contributed by atoms with Crippen molar-refractivity contribution in [3.63, 3.8) is 0 Å². The lowest BCUT2D eigenvalue weighted by molar-refractivity contribution is 0.396. The number of hydrogen-bond donors (Lipinski definition) is 1. The van der Waals surface area contributed by atoms with Crippen LogP contribution in [-0.4, -0.2) is 27.2 Å². The Labute approximate surface area is 113 Å². The van der Waals surface area contributed by atoms with E-state index in [1.165, 1.54) is 13.4 Å². The smallest absolute Gasteiger partial charge is 0.293 e. The first-order chi connectivity index (χ1) is 9.80. The zero-order valence-electron chi connectivity index (χ0n) is 10.6. The molecule has 0 unspecified atom stereocenters. The fourth-order valence-electron chi connectivity index (χ4n) is 1.60. The molecule has 20 heavy (non-hydrogen) atoms. The van der Waals surface area contributed by atoms with Crippen LogP contribution in [0.5, 0.6) is 5.88 Å². The van der Waals surface area contributed by atoms with Gasteiger partial charge < -0.3 is 19.4 Å². The Morgan fingerprint density at radius 3 is 2.95 bits per heavy atom. The molecule has 8 heteroatoms. The maximum Gasteiger partial charge on any atom is 0.293 e. The van der Waals surface area contributed by atoms with E-state index in [0.29, 0.717) is 35.5 Å². The lowest BCUT2D eigenvalue weighted by Gasteiger charge is -1.97. The lowest BCUT2D eigenvalue weighted by atomic mass is 10.4. The number of furan rings is 1. The van der Waals surface area contributed by atoms with Gasteiger partial charge in [0.1, 0.15) is 17.8 Å². The second-order valence-electron chi connectivity index (χ2n) is 3.84. The Kier molecular flexibility index (Phi) is 3.13. The van der Waals surface area contributed by atoms with E-state index in [0.717, 1.165) is 0 Å². The SMILES string of the molecule is COc1cc(-c2noc(-c3ccc(CN)o3)n2)ncn1. The fourth-order valence-corrected chi connectivity index (χ4v) is 1.60. The number of nitrogens with zero attached hydrogens (tertiary/aromatic N) is 4. The van der Waals surface area contributed by atoms with Crippen molar-refractivity contribution in [2.75, 3.05) is 7.11 Å². The topological polar surface area (TPSA) is 113 Å². The Hall–Kier alpha value is -2.74. The summed E-state index contributed by atoms with van der Waals surface area (Å²) in [5.74, 6) is 2.11. The Bertz CT molecular complexity index is 721. The maximum atomic E-state index is 5.48. The molecule has 0 saturated carbocycles. The molecule has 0 saturated heterocycles. The van der Waals surface area contributed by atoms with Crippen molar-refractivity contribution in [3.05, 3.63) is 30.3 Å². The molecule has 0 aliphatic rings. The van der Waals surface area contributed by atoms with Crippen molar-refractivity contribution in [2.45, 2.75) is 6.54 Å². The normalized spacial score (nSPS) is 10.7. The first-order valence-corrected chi connectivity index (χ1v) is 5.79. The second kappa shape index (κ2) is 5.10. The molecule has 0 spiro atoms. The van der Waals surface area contributed by atoms with E-state index in [1.807, 2.05) is 0 Å². The van der Waals surface area contributed by atoms with E-state index in [9.17, 15) is 0 Å². The van der Waals surface area contributed by atoms with Crippen LogP contribution in [0.15, 0.2) is 33.5 Å². The monoisotopic (exact) mass is 273 g/mol. The van der Waals surface area contributed by atoms with Crippen LogP contribution >= 0.6 is 0 Å². The molecule has 2 N–H and O–H groups in total. The van der Waals surface area contributed by atoms with Gasteiger partial charge in [-0.1, -0.05) is 5.16 Å². The third kappa shape index (κ3) is 2.24. The van der Waals surface area contributed by atoms with E-state index in [2.05, 4.69) is 20.1 Å². The molecule has 3 heterocycles. The van der Waals surface area contributed by atoms with E-state index in [1.54, 1.807) is 18.2 Å². The van der Waals surface area contributed by atoms with Crippen molar-refractivity contribution in [1.29, 1.82) is 0 Å². The molecule has 102 valence electrons. The number of methoxy groups -OCH3 is 1. The number of aromatic nitrogens is 4. The first kappa shape index (κ1) is 12.3. The molecule has 3 rings (SSSR count). The molecule has 0 aliphatic carbocycles. The zero-order chi connectivity index (χ0) is 13.9. The van der Waals surface area contributed by atoms with Gasteiger partial charge in [-0.25, -0.2) is 9.97 Å². The van der Waals surface area contributed by atoms with Crippen LogP contribution in [0.25, 0.3) is 23.2 Å². The van der Waals surface area contributed by atoms with Crippen molar-refractivity contribution >= 4 is 0 Å². The third-order valence-electron chi connectivity index (χ3n) is 2.58. The van der Waals surface area contributed by atoms with E-state index in [-0.39, 0.29) is 5.89 Å². The number of rotatable bonds is 4. The van der Waals surface area contributed by atoms with Crippen LogP contribution in [0.2, 0.25) is 0 Å². The summed E-state index contributed by atoms with van der Waals surface area (Å²) in [5.41, 5.74) is 5.98. The largest absolute Gasteiger partial charge is 0.481 e. The fraction of sp³-hybridized carbons (Fsp3) is 0.167. The van der Waals surface area contributed by atoms with Gasteiger partial charge in [-0.15, -0.1) is 0 Å². The molecule has 0 aliphatic heterocycles. The molecule has 8 nitrogen and oxygen atoms in total. The standard InChI is InChI=1S/C12H11N5O3/c1-18-10-4-8(14-6-15-10)11-16-12(20-17-11)9-3-2-7(5-13)19-9/h2-4,6H,5,13H2,1H3. The summed E-state index contributed by atoms with van der Waals surface area (Å²) in [5, 5.41) is 3.85. The number of nitrogens with two attached hydrogens (primary N) is 1. The van der Waals surface area contributed by atoms with Gasteiger partial charge in [0.25, 0.3) is 5.89 Å². The highest BCUT2D eigenvalue weighted by Crippen LogP contribution is 2.23. The quantitative estimate of drug-likeness (QED) is 0.755. The van der Waals surface area contributed by atoms with Gasteiger partial charge in [-0.05, 0) is 12.1 Å². The minimum Gasteiger partial charge on any atom is -0.481 e. The summed E-state index contributed by atoms with van der Waals surface area (Å²) < 4.78 is 15.6. The minimum absolute atomic E-state index is 0.261. The van der Waals surface area contributed by atoms with Gasteiger partial charge in [-0.3, -0.25) is 0 Å². The van der Waals surface area contributed by atoms with Crippen LogP contribution in [0.1, 0.15) is 5.76 Å². The predicted molar refractivity (Wildman–Crippen MR) is 67.5 cm³/mol. The highest BCUT2D eigenvalue weighted by molar-refractivity contribution is 5.54. The summed E-state index contributed by atoms with van der Waals surface area (Å²) in [6.45, 7) is 0.310. The van der Waals surface area contributed by atoms with Crippen molar-refractivity contribution in [1.82, 2.24) is 20.1 Å². The minimum atomic E-state index is 0.261. The molecule has 3 aromatic heterocycles. The molecule has 0 atom stereocenters.